The second kappa shape index (κ2) is 7.06. The minimum absolute atomic E-state index is 0.180. The molecule has 0 aliphatic carbocycles. The lowest BCUT2D eigenvalue weighted by molar-refractivity contribution is 0.183. The van der Waals surface area contributed by atoms with E-state index in [1.807, 2.05) is 13.8 Å². The summed E-state index contributed by atoms with van der Waals surface area (Å²) in [4.78, 5) is 0. The number of halogens is 1. The highest BCUT2D eigenvalue weighted by atomic mass is 19.1. The van der Waals surface area contributed by atoms with Crippen LogP contribution in [0, 0.1) is 5.82 Å². The highest BCUT2D eigenvalue weighted by Gasteiger charge is 2.10. The van der Waals surface area contributed by atoms with Crippen LogP contribution in [0.1, 0.15) is 26.7 Å². The number of hydrogen-bond acceptors (Lipinski definition) is 4. The SMILES string of the molecule is CCCOc1cc(NCC(O)CC)c(N)cc1F. The van der Waals surface area contributed by atoms with E-state index in [0.29, 0.717) is 30.9 Å². The van der Waals surface area contributed by atoms with Gasteiger partial charge in [0.25, 0.3) is 0 Å². The van der Waals surface area contributed by atoms with E-state index >= 15 is 0 Å². The van der Waals surface area contributed by atoms with Crippen LogP contribution in [0.15, 0.2) is 12.1 Å². The number of rotatable bonds is 7. The number of aliphatic hydroxyl groups excluding tert-OH is 1. The fourth-order valence-electron chi connectivity index (χ4n) is 1.42. The minimum Gasteiger partial charge on any atom is -0.490 e. The molecular weight excluding hydrogens is 235 g/mol. The Morgan fingerprint density at radius 3 is 2.78 bits per heavy atom. The summed E-state index contributed by atoms with van der Waals surface area (Å²) in [6, 6.07) is 2.76. The van der Waals surface area contributed by atoms with E-state index in [2.05, 4.69) is 5.32 Å². The van der Waals surface area contributed by atoms with Gasteiger partial charge in [0.05, 0.1) is 24.1 Å². The van der Waals surface area contributed by atoms with Gasteiger partial charge in [0, 0.05) is 18.7 Å². The van der Waals surface area contributed by atoms with Gasteiger partial charge in [-0.1, -0.05) is 13.8 Å². The molecule has 0 spiro atoms. The van der Waals surface area contributed by atoms with Crippen molar-refractivity contribution in [2.24, 2.45) is 0 Å². The lowest BCUT2D eigenvalue weighted by Gasteiger charge is -2.15. The Morgan fingerprint density at radius 2 is 2.17 bits per heavy atom. The zero-order valence-corrected chi connectivity index (χ0v) is 10.9. The van der Waals surface area contributed by atoms with Gasteiger partial charge in [-0.05, 0) is 12.8 Å². The Labute approximate surface area is 107 Å². The van der Waals surface area contributed by atoms with Crippen molar-refractivity contribution >= 4 is 11.4 Å². The minimum atomic E-state index is -0.470. The molecule has 1 unspecified atom stereocenters. The van der Waals surface area contributed by atoms with Crippen LogP contribution in [0.5, 0.6) is 5.75 Å². The molecule has 1 atom stereocenters. The van der Waals surface area contributed by atoms with Crippen molar-refractivity contribution in [1.29, 1.82) is 0 Å². The summed E-state index contributed by atoms with van der Waals surface area (Å²) in [5.74, 6) is -0.290. The lowest BCUT2D eigenvalue weighted by Crippen LogP contribution is -2.19. The number of nitrogens with one attached hydrogen (secondary N) is 1. The number of aliphatic hydroxyl groups is 1. The van der Waals surface area contributed by atoms with Gasteiger partial charge in [-0.2, -0.15) is 0 Å². The largest absolute Gasteiger partial charge is 0.490 e. The van der Waals surface area contributed by atoms with Crippen LogP contribution >= 0.6 is 0 Å². The molecule has 1 aromatic rings. The maximum Gasteiger partial charge on any atom is 0.167 e. The van der Waals surface area contributed by atoms with Crippen LogP contribution in [-0.2, 0) is 0 Å². The normalized spacial score (nSPS) is 12.2. The number of ether oxygens (including phenoxy) is 1. The predicted octanol–water partition coefficient (Wildman–Crippen LogP) is 2.38. The third-order valence-electron chi connectivity index (χ3n) is 2.57. The van der Waals surface area contributed by atoms with Gasteiger partial charge in [-0.3, -0.25) is 0 Å². The van der Waals surface area contributed by atoms with Crippen LogP contribution in [0.25, 0.3) is 0 Å². The molecule has 0 aromatic heterocycles. The molecule has 0 radical (unpaired) electrons. The Morgan fingerprint density at radius 1 is 1.44 bits per heavy atom. The number of nitrogen functional groups attached to an aromatic ring is 1. The quantitative estimate of drug-likeness (QED) is 0.655. The van der Waals surface area contributed by atoms with Gasteiger partial charge in [-0.25, -0.2) is 4.39 Å². The van der Waals surface area contributed by atoms with Crippen molar-refractivity contribution in [2.75, 3.05) is 24.2 Å². The zero-order chi connectivity index (χ0) is 13.5. The van der Waals surface area contributed by atoms with E-state index in [-0.39, 0.29) is 5.75 Å². The summed E-state index contributed by atoms with van der Waals surface area (Å²) in [6.07, 6.45) is 1.00. The van der Waals surface area contributed by atoms with Crippen molar-refractivity contribution in [1.82, 2.24) is 0 Å². The molecule has 0 amide bonds. The Balaban J connectivity index is 2.77. The van der Waals surface area contributed by atoms with Crippen LogP contribution in [0.2, 0.25) is 0 Å². The molecule has 1 rings (SSSR count). The highest BCUT2D eigenvalue weighted by Crippen LogP contribution is 2.28. The molecule has 4 nitrogen and oxygen atoms in total. The number of anilines is 2. The third kappa shape index (κ3) is 4.07. The van der Waals surface area contributed by atoms with Crippen LogP contribution < -0.4 is 15.8 Å². The average molecular weight is 256 g/mol. The van der Waals surface area contributed by atoms with Crippen LogP contribution in [-0.4, -0.2) is 24.4 Å². The summed E-state index contributed by atoms with van der Waals surface area (Å²) in [7, 11) is 0. The first kappa shape index (κ1) is 14.6. The van der Waals surface area contributed by atoms with E-state index in [4.69, 9.17) is 10.5 Å². The molecule has 18 heavy (non-hydrogen) atoms. The summed E-state index contributed by atoms with van der Waals surface area (Å²) in [5, 5.41) is 12.5. The smallest absolute Gasteiger partial charge is 0.167 e. The van der Waals surface area contributed by atoms with E-state index in [0.717, 1.165) is 6.42 Å². The molecular formula is C13H21FN2O2. The van der Waals surface area contributed by atoms with Gasteiger partial charge in [0.15, 0.2) is 11.6 Å². The van der Waals surface area contributed by atoms with Gasteiger partial charge >= 0.3 is 0 Å². The van der Waals surface area contributed by atoms with E-state index in [9.17, 15) is 9.50 Å². The molecule has 0 heterocycles. The first-order valence-corrected chi connectivity index (χ1v) is 6.22. The zero-order valence-electron chi connectivity index (χ0n) is 10.9. The van der Waals surface area contributed by atoms with E-state index < -0.39 is 11.9 Å². The molecule has 4 N–H and O–H groups in total. The maximum absolute atomic E-state index is 13.5. The van der Waals surface area contributed by atoms with Crippen molar-refractivity contribution in [3.8, 4) is 5.75 Å². The maximum atomic E-state index is 13.5. The van der Waals surface area contributed by atoms with Gasteiger partial charge in [0.1, 0.15) is 0 Å². The Kier molecular flexibility index (Phi) is 5.71. The van der Waals surface area contributed by atoms with E-state index in [1.165, 1.54) is 12.1 Å². The first-order valence-electron chi connectivity index (χ1n) is 6.22. The molecule has 102 valence electrons. The topological polar surface area (TPSA) is 67.5 Å². The van der Waals surface area contributed by atoms with E-state index in [1.54, 1.807) is 0 Å². The fraction of sp³-hybridized carbons (Fsp3) is 0.538. The third-order valence-corrected chi connectivity index (χ3v) is 2.57. The molecule has 5 heteroatoms. The van der Waals surface area contributed by atoms with Crippen molar-refractivity contribution in [2.45, 2.75) is 32.8 Å². The standard InChI is InChI=1S/C13H21FN2O2/c1-3-5-18-13-7-12(11(15)6-10(13)14)16-8-9(17)4-2/h6-7,9,16-17H,3-5,8,15H2,1-2H3. The lowest BCUT2D eigenvalue weighted by atomic mass is 10.2. The summed E-state index contributed by atoms with van der Waals surface area (Å²) in [6.45, 7) is 4.67. The van der Waals surface area contributed by atoms with Crippen molar-refractivity contribution in [3.05, 3.63) is 17.9 Å². The summed E-state index contributed by atoms with van der Waals surface area (Å²) >= 11 is 0. The highest BCUT2D eigenvalue weighted by molar-refractivity contribution is 5.68. The summed E-state index contributed by atoms with van der Waals surface area (Å²) < 4.78 is 18.8. The van der Waals surface area contributed by atoms with Crippen LogP contribution in [0.4, 0.5) is 15.8 Å². The number of hydrogen-bond donors (Lipinski definition) is 3. The fourth-order valence-corrected chi connectivity index (χ4v) is 1.42. The van der Waals surface area contributed by atoms with Crippen LogP contribution in [0.3, 0.4) is 0 Å². The Hall–Kier alpha value is -1.49. The molecule has 0 aliphatic heterocycles. The molecule has 0 saturated heterocycles. The van der Waals surface area contributed by atoms with Crippen molar-refractivity contribution < 1.29 is 14.2 Å². The monoisotopic (exact) mass is 256 g/mol. The first-order chi connectivity index (χ1) is 8.58. The molecule has 0 bridgehead atoms. The van der Waals surface area contributed by atoms with Gasteiger partial charge in [-0.15, -0.1) is 0 Å². The van der Waals surface area contributed by atoms with Gasteiger partial charge < -0.3 is 20.9 Å². The van der Waals surface area contributed by atoms with Crippen molar-refractivity contribution in [3.63, 3.8) is 0 Å². The second-order valence-corrected chi connectivity index (χ2v) is 4.16. The predicted molar refractivity (Wildman–Crippen MR) is 71.4 cm³/mol. The molecule has 1 aromatic carbocycles. The van der Waals surface area contributed by atoms with Gasteiger partial charge in [0.2, 0.25) is 0 Å². The molecule has 0 aliphatic rings. The number of benzene rings is 1. The molecule has 0 saturated carbocycles. The number of nitrogens with two attached hydrogens (primary N) is 1. The average Bonchev–Trinajstić information content (AvgIpc) is 2.36. The second-order valence-electron chi connectivity index (χ2n) is 4.16. The molecule has 0 fully saturated rings. The summed E-state index contributed by atoms with van der Waals surface area (Å²) in [5.41, 5.74) is 6.59. The Bertz CT molecular complexity index is 385.